The average molecular weight is 197 g/mol. The fourth-order valence-corrected chi connectivity index (χ4v) is 1.49. The van der Waals surface area contributed by atoms with Gasteiger partial charge in [0, 0.05) is 5.92 Å². The number of allylic oxidation sites excluding steroid dienone is 1. The van der Waals surface area contributed by atoms with Crippen molar-refractivity contribution in [3.8, 4) is 0 Å². The third-order valence-electron chi connectivity index (χ3n) is 2.56. The van der Waals surface area contributed by atoms with E-state index in [2.05, 4.69) is 5.32 Å². The predicted molar refractivity (Wildman–Crippen MR) is 51.4 cm³/mol. The first kappa shape index (κ1) is 10.8. The van der Waals surface area contributed by atoms with Crippen molar-refractivity contribution in [1.82, 2.24) is 5.32 Å². The number of carbonyl (C=O) groups is 2. The molecule has 0 bridgehead atoms. The first-order valence-electron chi connectivity index (χ1n) is 4.80. The number of carbonyl (C=O) groups excluding carboxylic acids is 1. The smallest absolute Gasteiger partial charge is 0.352 e. The Kier molecular flexibility index (Phi) is 3.28. The molecule has 2 atom stereocenters. The molecule has 4 nitrogen and oxygen atoms in total. The lowest BCUT2D eigenvalue weighted by molar-refractivity contribution is -0.134. The van der Waals surface area contributed by atoms with E-state index in [1.54, 1.807) is 6.92 Å². The van der Waals surface area contributed by atoms with Gasteiger partial charge in [-0.3, -0.25) is 4.79 Å². The average Bonchev–Trinajstić information content (AvgIpc) is 2.92. The van der Waals surface area contributed by atoms with Gasteiger partial charge in [0.2, 0.25) is 5.91 Å². The molecule has 0 saturated heterocycles. The van der Waals surface area contributed by atoms with Crippen LogP contribution in [-0.4, -0.2) is 17.0 Å². The number of aliphatic carboxylic acids is 1. The number of carboxylic acids is 1. The van der Waals surface area contributed by atoms with Crippen molar-refractivity contribution in [1.29, 1.82) is 0 Å². The molecule has 1 fully saturated rings. The zero-order valence-electron chi connectivity index (χ0n) is 8.41. The normalized spacial score (nSPS) is 25.7. The first-order chi connectivity index (χ1) is 6.60. The van der Waals surface area contributed by atoms with Gasteiger partial charge in [0.15, 0.2) is 0 Å². The minimum atomic E-state index is -1.09. The number of rotatable bonds is 4. The van der Waals surface area contributed by atoms with Crippen molar-refractivity contribution in [2.24, 2.45) is 11.8 Å². The van der Waals surface area contributed by atoms with Gasteiger partial charge in [-0.15, -0.1) is 0 Å². The van der Waals surface area contributed by atoms with E-state index >= 15 is 0 Å². The maximum atomic E-state index is 11.4. The van der Waals surface area contributed by atoms with Crippen LogP contribution < -0.4 is 5.32 Å². The van der Waals surface area contributed by atoms with Crippen LogP contribution in [0.2, 0.25) is 0 Å². The summed E-state index contributed by atoms with van der Waals surface area (Å²) in [5, 5.41) is 11.1. The third kappa shape index (κ3) is 2.34. The summed E-state index contributed by atoms with van der Waals surface area (Å²) in [5.41, 5.74) is -0.0308. The monoisotopic (exact) mass is 197 g/mol. The van der Waals surface area contributed by atoms with Gasteiger partial charge in [0.25, 0.3) is 0 Å². The molecule has 14 heavy (non-hydrogen) atoms. The van der Waals surface area contributed by atoms with Crippen molar-refractivity contribution in [3.05, 3.63) is 11.8 Å². The van der Waals surface area contributed by atoms with E-state index in [1.807, 2.05) is 6.92 Å². The molecule has 78 valence electrons. The predicted octanol–water partition coefficient (Wildman–Crippen LogP) is 1.14. The number of hydrogen-bond acceptors (Lipinski definition) is 2. The van der Waals surface area contributed by atoms with Gasteiger partial charge >= 0.3 is 5.97 Å². The highest BCUT2D eigenvalue weighted by Crippen LogP contribution is 2.41. The van der Waals surface area contributed by atoms with Crippen LogP contribution in [0.25, 0.3) is 0 Å². The Hall–Kier alpha value is -1.32. The summed E-state index contributed by atoms with van der Waals surface area (Å²) >= 11 is 0. The van der Waals surface area contributed by atoms with Gasteiger partial charge < -0.3 is 10.4 Å². The highest BCUT2D eigenvalue weighted by molar-refractivity contribution is 5.94. The van der Waals surface area contributed by atoms with Crippen molar-refractivity contribution in [2.75, 3.05) is 0 Å². The Balaban J connectivity index is 2.45. The number of amides is 1. The third-order valence-corrected chi connectivity index (χ3v) is 2.56. The first-order valence-corrected chi connectivity index (χ1v) is 4.80. The number of nitrogens with one attached hydrogen (secondary N) is 1. The number of hydrogen-bond donors (Lipinski definition) is 2. The van der Waals surface area contributed by atoms with E-state index in [1.165, 1.54) is 6.08 Å². The van der Waals surface area contributed by atoms with E-state index in [-0.39, 0.29) is 17.5 Å². The summed E-state index contributed by atoms with van der Waals surface area (Å²) in [6, 6.07) is 0. The van der Waals surface area contributed by atoms with Crippen LogP contribution in [0.5, 0.6) is 0 Å². The van der Waals surface area contributed by atoms with E-state index in [0.717, 1.165) is 12.8 Å². The van der Waals surface area contributed by atoms with E-state index in [4.69, 9.17) is 5.11 Å². The minimum absolute atomic E-state index is 0.0225. The molecule has 1 aliphatic carbocycles. The molecule has 1 aliphatic rings. The van der Waals surface area contributed by atoms with E-state index in [9.17, 15) is 9.59 Å². The van der Waals surface area contributed by atoms with Crippen LogP contribution in [0.3, 0.4) is 0 Å². The molecule has 0 heterocycles. The van der Waals surface area contributed by atoms with E-state index in [0.29, 0.717) is 5.92 Å². The molecule has 0 aromatic heterocycles. The van der Waals surface area contributed by atoms with E-state index < -0.39 is 5.97 Å². The van der Waals surface area contributed by atoms with Crippen LogP contribution in [0.15, 0.2) is 11.8 Å². The Bertz CT molecular complexity index is 283. The van der Waals surface area contributed by atoms with Crippen molar-refractivity contribution < 1.29 is 14.7 Å². The molecule has 4 heteroatoms. The molecule has 1 rings (SSSR count). The molecule has 0 aliphatic heterocycles. The second kappa shape index (κ2) is 4.26. The van der Waals surface area contributed by atoms with Crippen LogP contribution in [0.4, 0.5) is 0 Å². The lowest BCUT2D eigenvalue weighted by atomic mass is 10.2. The summed E-state index contributed by atoms with van der Waals surface area (Å²) in [7, 11) is 0. The molecule has 0 unspecified atom stereocenters. The van der Waals surface area contributed by atoms with Gasteiger partial charge in [-0.25, -0.2) is 4.79 Å². The van der Waals surface area contributed by atoms with Crippen LogP contribution >= 0.6 is 0 Å². The maximum Gasteiger partial charge on any atom is 0.352 e. The Morgan fingerprint density at radius 1 is 1.57 bits per heavy atom. The fourth-order valence-electron chi connectivity index (χ4n) is 1.49. The second-order valence-electron chi connectivity index (χ2n) is 3.51. The zero-order chi connectivity index (χ0) is 10.7. The quantitative estimate of drug-likeness (QED) is 0.664. The van der Waals surface area contributed by atoms with Gasteiger partial charge in [0.05, 0.1) is 0 Å². The lowest BCUT2D eigenvalue weighted by Gasteiger charge is -2.03. The van der Waals surface area contributed by atoms with Crippen LogP contribution in [0, 0.1) is 11.8 Å². The molecule has 0 spiro atoms. The molecular formula is C10H15NO3. The Labute approximate surface area is 83.0 Å². The summed E-state index contributed by atoms with van der Waals surface area (Å²) in [4.78, 5) is 22.0. The Morgan fingerprint density at radius 2 is 2.21 bits per heavy atom. The topological polar surface area (TPSA) is 66.4 Å². The molecule has 1 amide bonds. The largest absolute Gasteiger partial charge is 0.477 e. The molecule has 1 saturated carbocycles. The number of carboxylic acid groups (broad SMARTS) is 1. The van der Waals surface area contributed by atoms with Crippen molar-refractivity contribution in [2.45, 2.75) is 26.7 Å². The van der Waals surface area contributed by atoms with Gasteiger partial charge in [-0.2, -0.15) is 0 Å². The molecule has 2 N–H and O–H groups in total. The standard InChI is InChI=1S/C10H15NO3/c1-3-6-5-7(6)9(12)11-8(4-2)10(13)14/h4,6-7H,3,5H2,1-2H3,(H,11,12)(H,13,14)/b8-4-/t6-,7-/m1/s1. The van der Waals surface area contributed by atoms with Gasteiger partial charge in [-0.1, -0.05) is 19.4 Å². The summed E-state index contributed by atoms with van der Waals surface area (Å²) in [6.45, 7) is 3.62. The van der Waals surface area contributed by atoms with Crippen LogP contribution in [0.1, 0.15) is 26.7 Å². The highest BCUT2D eigenvalue weighted by atomic mass is 16.4. The molecule has 0 aromatic carbocycles. The minimum Gasteiger partial charge on any atom is -0.477 e. The van der Waals surface area contributed by atoms with Gasteiger partial charge in [-0.05, 0) is 19.3 Å². The fraction of sp³-hybridized carbons (Fsp3) is 0.600. The molecular weight excluding hydrogens is 182 g/mol. The van der Waals surface area contributed by atoms with Crippen molar-refractivity contribution >= 4 is 11.9 Å². The maximum absolute atomic E-state index is 11.4. The van der Waals surface area contributed by atoms with Crippen molar-refractivity contribution in [3.63, 3.8) is 0 Å². The molecule has 0 radical (unpaired) electrons. The summed E-state index contributed by atoms with van der Waals surface area (Å²) < 4.78 is 0. The molecule has 0 aromatic rings. The van der Waals surface area contributed by atoms with Crippen LogP contribution in [-0.2, 0) is 9.59 Å². The zero-order valence-corrected chi connectivity index (χ0v) is 8.41. The Morgan fingerprint density at radius 3 is 2.57 bits per heavy atom. The summed E-state index contributed by atoms with van der Waals surface area (Å²) in [6.07, 6.45) is 3.26. The second-order valence-corrected chi connectivity index (χ2v) is 3.51. The SMILES string of the molecule is C/C=C(\NC(=O)[C@@H]1C[C@H]1CC)C(=O)O. The van der Waals surface area contributed by atoms with Gasteiger partial charge in [0.1, 0.15) is 5.70 Å². The highest BCUT2D eigenvalue weighted by Gasteiger charge is 2.41. The lowest BCUT2D eigenvalue weighted by Crippen LogP contribution is -2.28. The summed E-state index contributed by atoms with van der Waals surface area (Å²) in [5.74, 6) is -0.780.